The minimum absolute atomic E-state index is 0.0930. The van der Waals surface area contributed by atoms with Crippen LogP contribution in [0.25, 0.3) is 10.8 Å². The lowest BCUT2D eigenvalue weighted by Crippen LogP contribution is -2.38. The molecule has 0 aliphatic carbocycles. The number of hydrogen-bond acceptors (Lipinski definition) is 3. The van der Waals surface area contributed by atoms with Crippen molar-refractivity contribution in [1.82, 2.24) is 5.32 Å². The Kier molecular flexibility index (Phi) is 5.39. The molecule has 0 saturated carbocycles. The molecule has 0 aliphatic heterocycles. The van der Waals surface area contributed by atoms with Crippen molar-refractivity contribution in [2.24, 2.45) is 0 Å². The van der Waals surface area contributed by atoms with E-state index in [4.69, 9.17) is 4.74 Å². The van der Waals surface area contributed by atoms with E-state index in [1.54, 1.807) is 0 Å². The molecule has 108 valence electrons. The van der Waals surface area contributed by atoms with Gasteiger partial charge in [0, 0.05) is 12.1 Å². The minimum atomic E-state index is 0.0930. The average Bonchev–Trinajstić information content (AvgIpc) is 2.45. The van der Waals surface area contributed by atoms with Gasteiger partial charge in [-0.3, -0.25) is 0 Å². The maximum Gasteiger partial charge on any atom is 0.119 e. The molecule has 0 heterocycles. The first-order valence-electron chi connectivity index (χ1n) is 7.17. The summed E-state index contributed by atoms with van der Waals surface area (Å²) >= 11 is 0. The lowest BCUT2D eigenvalue weighted by Gasteiger charge is -2.19. The third kappa shape index (κ3) is 4.22. The molecule has 0 aliphatic rings. The van der Waals surface area contributed by atoms with Crippen LogP contribution in [0.2, 0.25) is 0 Å². The van der Waals surface area contributed by atoms with Gasteiger partial charge in [0.25, 0.3) is 0 Å². The molecule has 2 aromatic rings. The van der Waals surface area contributed by atoms with E-state index >= 15 is 0 Å². The number of hydrogen-bond donors (Lipinski definition) is 2. The van der Waals surface area contributed by atoms with E-state index < -0.39 is 0 Å². The summed E-state index contributed by atoms with van der Waals surface area (Å²) in [6.07, 6.45) is 0.793. The number of ether oxygens (including phenoxy) is 1. The van der Waals surface area contributed by atoms with Gasteiger partial charge in [-0.1, -0.05) is 44.2 Å². The highest BCUT2D eigenvalue weighted by Gasteiger charge is 2.08. The smallest absolute Gasteiger partial charge is 0.119 e. The molecule has 2 N–H and O–H groups in total. The molecule has 0 amide bonds. The third-order valence-electron chi connectivity index (χ3n) is 3.25. The monoisotopic (exact) mass is 273 g/mol. The molecule has 3 heteroatoms. The zero-order valence-electron chi connectivity index (χ0n) is 12.2. The van der Waals surface area contributed by atoms with Gasteiger partial charge in [-0.25, -0.2) is 0 Å². The van der Waals surface area contributed by atoms with Crippen molar-refractivity contribution in [1.29, 1.82) is 0 Å². The summed E-state index contributed by atoms with van der Waals surface area (Å²) in [6.45, 7) is 4.89. The first kappa shape index (κ1) is 14.8. The number of aliphatic hydroxyl groups excluding tert-OH is 1. The van der Waals surface area contributed by atoms with Gasteiger partial charge in [-0.15, -0.1) is 0 Å². The Bertz CT molecular complexity index is 539. The fraction of sp³-hybridized carbons (Fsp3) is 0.412. The van der Waals surface area contributed by atoms with Crippen LogP contribution in [-0.4, -0.2) is 30.4 Å². The Morgan fingerprint density at radius 1 is 1.10 bits per heavy atom. The zero-order chi connectivity index (χ0) is 14.4. The molecule has 0 fully saturated rings. The number of fused-ring (bicyclic) bond motifs is 1. The average molecular weight is 273 g/mol. The summed E-state index contributed by atoms with van der Waals surface area (Å²) in [6, 6.07) is 14.8. The van der Waals surface area contributed by atoms with Crippen LogP contribution in [0.15, 0.2) is 42.5 Å². The van der Waals surface area contributed by atoms with Gasteiger partial charge >= 0.3 is 0 Å². The minimum Gasteiger partial charge on any atom is -0.494 e. The summed E-state index contributed by atoms with van der Waals surface area (Å²) in [7, 11) is 0. The molecule has 1 unspecified atom stereocenters. The quantitative estimate of drug-likeness (QED) is 0.815. The molecule has 0 aromatic heterocycles. The fourth-order valence-corrected chi connectivity index (χ4v) is 2.27. The van der Waals surface area contributed by atoms with Crippen LogP contribution in [0.5, 0.6) is 5.75 Å². The van der Waals surface area contributed by atoms with Gasteiger partial charge < -0.3 is 15.2 Å². The van der Waals surface area contributed by atoms with Gasteiger partial charge in [0.1, 0.15) is 5.75 Å². The third-order valence-corrected chi connectivity index (χ3v) is 3.25. The predicted octanol–water partition coefficient (Wildman–Crippen LogP) is 2.97. The van der Waals surface area contributed by atoms with Crippen molar-refractivity contribution < 1.29 is 9.84 Å². The Morgan fingerprint density at radius 2 is 1.85 bits per heavy atom. The van der Waals surface area contributed by atoms with Gasteiger partial charge in [-0.05, 0) is 29.3 Å². The molecule has 0 spiro atoms. The van der Waals surface area contributed by atoms with Crippen LogP contribution in [0.3, 0.4) is 0 Å². The number of aliphatic hydroxyl groups is 1. The van der Waals surface area contributed by atoms with E-state index in [1.165, 1.54) is 10.8 Å². The molecule has 0 radical (unpaired) electrons. The van der Waals surface area contributed by atoms with E-state index in [2.05, 4.69) is 43.4 Å². The molecule has 2 rings (SSSR count). The number of rotatable bonds is 7. The highest BCUT2D eigenvalue weighted by Crippen LogP contribution is 2.20. The Hall–Kier alpha value is -1.58. The van der Waals surface area contributed by atoms with Crippen LogP contribution >= 0.6 is 0 Å². The van der Waals surface area contributed by atoms with Crippen LogP contribution < -0.4 is 10.1 Å². The molecule has 20 heavy (non-hydrogen) atoms. The lowest BCUT2D eigenvalue weighted by molar-refractivity contribution is 0.202. The molecular formula is C17H23NO2. The maximum atomic E-state index is 9.30. The van der Waals surface area contributed by atoms with E-state index in [1.807, 2.05) is 18.2 Å². The summed E-state index contributed by atoms with van der Waals surface area (Å²) in [5.41, 5.74) is 0. The first-order chi connectivity index (χ1) is 9.69. The largest absolute Gasteiger partial charge is 0.494 e. The number of benzene rings is 2. The predicted molar refractivity (Wildman–Crippen MR) is 83.2 cm³/mol. The fourth-order valence-electron chi connectivity index (χ4n) is 2.27. The van der Waals surface area contributed by atoms with E-state index in [0.717, 1.165) is 12.2 Å². The molecular weight excluding hydrogens is 250 g/mol. The second-order valence-electron chi connectivity index (χ2n) is 5.35. The van der Waals surface area contributed by atoms with Crippen molar-refractivity contribution in [3.05, 3.63) is 42.5 Å². The van der Waals surface area contributed by atoms with E-state index in [9.17, 15) is 5.11 Å². The second-order valence-corrected chi connectivity index (χ2v) is 5.35. The highest BCUT2D eigenvalue weighted by molar-refractivity contribution is 5.83. The Morgan fingerprint density at radius 3 is 2.55 bits per heavy atom. The molecule has 0 bridgehead atoms. The highest BCUT2D eigenvalue weighted by atomic mass is 16.5. The van der Waals surface area contributed by atoms with Crippen LogP contribution in [0, 0.1) is 0 Å². The lowest BCUT2D eigenvalue weighted by atomic mass is 10.1. The topological polar surface area (TPSA) is 41.5 Å². The summed E-state index contributed by atoms with van der Waals surface area (Å²) in [5.74, 6) is 0.880. The summed E-state index contributed by atoms with van der Waals surface area (Å²) in [5, 5.41) is 15.0. The number of nitrogens with one attached hydrogen (secondary N) is 1. The van der Waals surface area contributed by atoms with Crippen molar-refractivity contribution in [3.63, 3.8) is 0 Å². The molecule has 1 atom stereocenters. The van der Waals surface area contributed by atoms with Crippen molar-refractivity contribution in [2.45, 2.75) is 32.4 Å². The standard InChI is InChI=1S/C17H23NO2/c1-13(2)18-16(12-19)9-10-20-17-8-7-14-5-3-4-6-15(14)11-17/h3-8,11,13,16,18-19H,9-10,12H2,1-2H3. The second kappa shape index (κ2) is 7.27. The van der Waals surface area contributed by atoms with Gasteiger partial charge in [0.15, 0.2) is 0 Å². The van der Waals surface area contributed by atoms with Gasteiger partial charge in [-0.2, -0.15) is 0 Å². The van der Waals surface area contributed by atoms with E-state index in [-0.39, 0.29) is 12.6 Å². The maximum absolute atomic E-state index is 9.30. The summed E-state index contributed by atoms with van der Waals surface area (Å²) < 4.78 is 5.78. The SMILES string of the molecule is CC(C)NC(CO)CCOc1ccc2ccccc2c1. The van der Waals surface area contributed by atoms with Gasteiger partial charge in [0.05, 0.1) is 13.2 Å². The Balaban J connectivity index is 1.89. The van der Waals surface area contributed by atoms with Crippen molar-refractivity contribution in [3.8, 4) is 5.75 Å². The van der Waals surface area contributed by atoms with Crippen molar-refractivity contribution >= 4 is 10.8 Å². The summed E-state index contributed by atoms with van der Waals surface area (Å²) in [4.78, 5) is 0. The molecule has 0 saturated heterocycles. The van der Waals surface area contributed by atoms with Gasteiger partial charge in [0.2, 0.25) is 0 Å². The molecule has 3 nitrogen and oxygen atoms in total. The first-order valence-corrected chi connectivity index (χ1v) is 7.17. The van der Waals surface area contributed by atoms with Crippen LogP contribution in [0.4, 0.5) is 0 Å². The van der Waals surface area contributed by atoms with E-state index in [0.29, 0.717) is 12.6 Å². The zero-order valence-corrected chi connectivity index (χ0v) is 12.2. The normalized spacial score (nSPS) is 12.8. The van der Waals surface area contributed by atoms with Crippen molar-refractivity contribution in [2.75, 3.05) is 13.2 Å². The Labute approximate surface area is 120 Å². The van der Waals surface area contributed by atoms with Crippen LogP contribution in [0.1, 0.15) is 20.3 Å². The molecule has 2 aromatic carbocycles. The van der Waals surface area contributed by atoms with Crippen LogP contribution in [-0.2, 0) is 0 Å².